The van der Waals surface area contributed by atoms with E-state index in [4.69, 9.17) is 15.2 Å². The van der Waals surface area contributed by atoms with Crippen LogP contribution in [0.15, 0.2) is 22.7 Å². The van der Waals surface area contributed by atoms with E-state index >= 15 is 0 Å². The van der Waals surface area contributed by atoms with Crippen LogP contribution in [0.3, 0.4) is 0 Å². The van der Waals surface area contributed by atoms with Crippen LogP contribution >= 0.6 is 15.9 Å². The van der Waals surface area contributed by atoms with Crippen molar-refractivity contribution in [1.82, 2.24) is 0 Å². The Hall–Kier alpha value is -0.490. The Bertz CT molecular complexity index is 349. The lowest BCUT2D eigenvalue weighted by molar-refractivity contribution is 0.0671. The first-order valence-corrected chi connectivity index (χ1v) is 6.21. The van der Waals surface area contributed by atoms with Gasteiger partial charge in [-0.05, 0) is 24.6 Å². The first kappa shape index (κ1) is 14.6. The molecule has 96 valence electrons. The zero-order chi connectivity index (χ0) is 12.7. The van der Waals surface area contributed by atoms with Gasteiger partial charge in [-0.2, -0.15) is 0 Å². The molecule has 1 atom stereocenters. The molecule has 0 amide bonds. The van der Waals surface area contributed by atoms with Gasteiger partial charge in [0.25, 0.3) is 0 Å². The highest BCUT2D eigenvalue weighted by Crippen LogP contribution is 2.22. The average molecular weight is 306 g/mol. The topological polar surface area (TPSA) is 44.5 Å². The Morgan fingerprint density at radius 2 is 2.12 bits per heavy atom. The molecule has 0 aliphatic rings. The summed E-state index contributed by atoms with van der Waals surface area (Å²) >= 11 is 3.30. The monoisotopic (exact) mass is 305 g/mol. The van der Waals surface area contributed by atoms with Crippen molar-refractivity contribution in [2.24, 2.45) is 5.73 Å². The molecule has 0 radical (unpaired) electrons. The van der Waals surface area contributed by atoms with Crippen LogP contribution in [0.25, 0.3) is 0 Å². The van der Waals surface area contributed by atoms with Gasteiger partial charge in [0, 0.05) is 29.8 Å². The molecule has 0 heterocycles. The molecule has 0 aliphatic carbocycles. The van der Waals surface area contributed by atoms with Gasteiger partial charge in [-0.25, -0.2) is 4.39 Å². The second kappa shape index (κ2) is 7.76. The lowest BCUT2D eigenvalue weighted by atomic mass is 10.0. The molecule has 5 heteroatoms. The van der Waals surface area contributed by atoms with Gasteiger partial charge in [0.05, 0.1) is 13.2 Å². The smallest absolute Gasteiger partial charge is 0.128 e. The number of rotatable bonds is 7. The van der Waals surface area contributed by atoms with E-state index in [0.717, 1.165) is 4.47 Å². The number of nitrogens with two attached hydrogens (primary N) is 1. The maximum atomic E-state index is 13.5. The Balaban J connectivity index is 2.41. The van der Waals surface area contributed by atoms with Crippen LogP contribution in [-0.4, -0.2) is 26.9 Å². The molecular weight excluding hydrogens is 289 g/mol. The standard InChI is InChI=1S/C12H17BrFNO2/c1-16-6-7-17-5-4-12(15)10-8-9(13)2-3-11(10)14/h2-3,8,12H,4-7,15H2,1H3. The minimum Gasteiger partial charge on any atom is -0.382 e. The van der Waals surface area contributed by atoms with E-state index < -0.39 is 0 Å². The molecule has 17 heavy (non-hydrogen) atoms. The van der Waals surface area contributed by atoms with Crippen LogP contribution in [0.2, 0.25) is 0 Å². The van der Waals surface area contributed by atoms with Crippen molar-refractivity contribution in [2.75, 3.05) is 26.9 Å². The average Bonchev–Trinajstić information content (AvgIpc) is 2.32. The molecule has 3 nitrogen and oxygen atoms in total. The minimum absolute atomic E-state index is 0.280. The van der Waals surface area contributed by atoms with E-state index in [0.29, 0.717) is 31.8 Å². The molecule has 0 spiro atoms. The number of methoxy groups -OCH3 is 1. The number of hydrogen-bond acceptors (Lipinski definition) is 3. The van der Waals surface area contributed by atoms with Crippen LogP contribution in [0, 0.1) is 5.82 Å². The summed E-state index contributed by atoms with van der Waals surface area (Å²) in [5, 5.41) is 0. The molecule has 1 rings (SSSR count). The highest BCUT2D eigenvalue weighted by molar-refractivity contribution is 9.10. The Morgan fingerprint density at radius 1 is 1.35 bits per heavy atom. The molecule has 0 fully saturated rings. The van der Waals surface area contributed by atoms with Crippen molar-refractivity contribution in [3.8, 4) is 0 Å². The molecule has 1 aromatic carbocycles. The molecule has 0 saturated heterocycles. The number of halogens is 2. The van der Waals surface area contributed by atoms with Crippen molar-refractivity contribution in [1.29, 1.82) is 0 Å². The van der Waals surface area contributed by atoms with E-state index in [-0.39, 0.29) is 11.9 Å². The summed E-state index contributed by atoms with van der Waals surface area (Å²) in [6.45, 7) is 1.58. The highest BCUT2D eigenvalue weighted by atomic mass is 79.9. The number of benzene rings is 1. The van der Waals surface area contributed by atoms with Crippen molar-refractivity contribution in [3.63, 3.8) is 0 Å². The number of ether oxygens (including phenoxy) is 2. The SMILES string of the molecule is COCCOCCC(N)c1cc(Br)ccc1F. The predicted octanol–water partition coefficient (Wildman–Crippen LogP) is 2.64. The van der Waals surface area contributed by atoms with Gasteiger partial charge in [0.1, 0.15) is 5.82 Å². The second-order valence-corrected chi connectivity index (χ2v) is 4.58. The molecule has 0 aliphatic heterocycles. The Morgan fingerprint density at radius 3 is 2.82 bits per heavy atom. The Kier molecular flexibility index (Phi) is 6.65. The normalized spacial score (nSPS) is 12.7. The van der Waals surface area contributed by atoms with Crippen LogP contribution in [0.5, 0.6) is 0 Å². The van der Waals surface area contributed by atoms with E-state index in [1.54, 1.807) is 19.2 Å². The quantitative estimate of drug-likeness (QED) is 0.788. The Labute approximate surface area is 109 Å². The summed E-state index contributed by atoms with van der Waals surface area (Å²) in [4.78, 5) is 0. The van der Waals surface area contributed by atoms with E-state index in [2.05, 4.69) is 15.9 Å². The van der Waals surface area contributed by atoms with Gasteiger partial charge in [-0.3, -0.25) is 0 Å². The summed E-state index contributed by atoms with van der Waals surface area (Å²) < 4.78 is 24.5. The lowest BCUT2D eigenvalue weighted by Gasteiger charge is -2.13. The molecule has 0 bridgehead atoms. The summed E-state index contributed by atoms with van der Waals surface area (Å²) in [6.07, 6.45) is 0.580. The fraction of sp³-hybridized carbons (Fsp3) is 0.500. The number of hydrogen-bond donors (Lipinski definition) is 1. The van der Waals surface area contributed by atoms with E-state index in [1.807, 2.05) is 0 Å². The first-order chi connectivity index (χ1) is 8.15. The van der Waals surface area contributed by atoms with Crippen molar-refractivity contribution < 1.29 is 13.9 Å². The molecule has 0 saturated carbocycles. The summed E-state index contributed by atoms with van der Waals surface area (Å²) in [7, 11) is 1.62. The van der Waals surface area contributed by atoms with Crippen molar-refractivity contribution in [2.45, 2.75) is 12.5 Å². The van der Waals surface area contributed by atoms with Gasteiger partial charge in [0.15, 0.2) is 0 Å². The van der Waals surface area contributed by atoms with Crippen LogP contribution in [0.4, 0.5) is 4.39 Å². The van der Waals surface area contributed by atoms with Gasteiger partial charge in [-0.1, -0.05) is 15.9 Å². The third-order valence-corrected chi connectivity index (χ3v) is 2.86. The fourth-order valence-electron chi connectivity index (χ4n) is 1.41. The van der Waals surface area contributed by atoms with Gasteiger partial charge < -0.3 is 15.2 Å². The largest absolute Gasteiger partial charge is 0.382 e. The van der Waals surface area contributed by atoms with E-state index in [1.165, 1.54) is 6.07 Å². The van der Waals surface area contributed by atoms with Gasteiger partial charge in [-0.15, -0.1) is 0 Å². The summed E-state index contributed by atoms with van der Waals surface area (Å²) in [5.41, 5.74) is 6.42. The van der Waals surface area contributed by atoms with Gasteiger partial charge >= 0.3 is 0 Å². The minimum atomic E-state index is -0.352. The van der Waals surface area contributed by atoms with Crippen LogP contribution < -0.4 is 5.73 Å². The maximum Gasteiger partial charge on any atom is 0.128 e. The third-order valence-electron chi connectivity index (χ3n) is 2.36. The lowest BCUT2D eigenvalue weighted by Crippen LogP contribution is -2.15. The summed E-state index contributed by atoms with van der Waals surface area (Å²) in [5.74, 6) is -0.280. The molecular formula is C12H17BrFNO2. The van der Waals surface area contributed by atoms with Crippen LogP contribution in [-0.2, 0) is 9.47 Å². The predicted molar refractivity (Wildman–Crippen MR) is 68.3 cm³/mol. The molecule has 0 aromatic heterocycles. The molecule has 2 N–H and O–H groups in total. The van der Waals surface area contributed by atoms with Crippen molar-refractivity contribution in [3.05, 3.63) is 34.1 Å². The van der Waals surface area contributed by atoms with E-state index in [9.17, 15) is 4.39 Å². The summed E-state index contributed by atoms with van der Waals surface area (Å²) in [6, 6.07) is 4.41. The third kappa shape index (κ3) is 5.12. The van der Waals surface area contributed by atoms with Crippen LogP contribution in [0.1, 0.15) is 18.0 Å². The molecule has 1 unspecified atom stereocenters. The zero-order valence-corrected chi connectivity index (χ0v) is 11.4. The zero-order valence-electron chi connectivity index (χ0n) is 9.79. The second-order valence-electron chi connectivity index (χ2n) is 3.67. The van der Waals surface area contributed by atoms with Gasteiger partial charge in [0.2, 0.25) is 0 Å². The highest BCUT2D eigenvalue weighted by Gasteiger charge is 2.11. The van der Waals surface area contributed by atoms with Crippen molar-refractivity contribution >= 4 is 15.9 Å². The molecule has 1 aromatic rings. The fourth-order valence-corrected chi connectivity index (χ4v) is 1.79. The maximum absolute atomic E-state index is 13.5. The first-order valence-electron chi connectivity index (χ1n) is 5.42.